The summed E-state index contributed by atoms with van der Waals surface area (Å²) in [7, 11) is 1.91. The van der Waals surface area contributed by atoms with Crippen molar-refractivity contribution in [1.82, 2.24) is 9.88 Å². The maximum Gasteiger partial charge on any atom is 0.125 e. The highest BCUT2D eigenvalue weighted by molar-refractivity contribution is 5.36. The topological polar surface area (TPSA) is 28.2 Å². The molecule has 1 unspecified atom stereocenters. The fourth-order valence-corrected chi connectivity index (χ4v) is 2.17. The van der Waals surface area contributed by atoms with E-state index in [1.165, 1.54) is 24.9 Å². The minimum Gasteiger partial charge on any atom is -0.373 e. The normalized spacial score (nSPS) is 21.9. The first-order valence-corrected chi connectivity index (χ1v) is 5.66. The molecule has 1 aliphatic heterocycles. The third-order valence-electron chi connectivity index (χ3n) is 3.16. The van der Waals surface area contributed by atoms with Crippen LogP contribution in [0.3, 0.4) is 0 Å². The van der Waals surface area contributed by atoms with E-state index in [1.54, 1.807) is 0 Å². The molecule has 0 aliphatic carbocycles. The number of hydrogen-bond donors (Lipinski definition) is 1. The molecule has 1 aromatic heterocycles. The minimum atomic E-state index is 0.733. The molecule has 1 N–H and O–H groups in total. The van der Waals surface area contributed by atoms with Gasteiger partial charge in [0.05, 0.1) is 0 Å². The Hall–Kier alpha value is -1.09. The third kappa shape index (κ3) is 2.48. The van der Waals surface area contributed by atoms with E-state index in [2.05, 4.69) is 34.3 Å². The average molecular weight is 205 g/mol. The summed E-state index contributed by atoms with van der Waals surface area (Å²) in [5.74, 6) is 0.958. The van der Waals surface area contributed by atoms with Crippen molar-refractivity contribution in [2.24, 2.45) is 0 Å². The lowest BCUT2D eigenvalue weighted by molar-refractivity contribution is 0.260. The van der Waals surface area contributed by atoms with Gasteiger partial charge in [-0.25, -0.2) is 4.98 Å². The van der Waals surface area contributed by atoms with E-state index < -0.39 is 0 Å². The molecule has 1 atom stereocenters. The molecule has 3 nitrogen and oxygen atoms in total. The number of pyridine rings is 1. The standard InChI is InChI=1S/C12H19N3/c1-10-4-3-7-15(10)9-11-5-6-14-12(8-11)13-2/h5-6,8,10H,3-4,7,9H2,1-2H3,(H,13,14). The Bertz CT molecular complexity index is 324. The van der Waals surface area contributed by atoms with Gasteiger partial charge in [-0.3, -0.25) is 4.90 Å². The summed E-state index contributed by atoms with van der Waals surface area (Å²) in [4.78, 5) is 6.76. The molecule has 0 amide bonds. The molecule has 1 aliphatic rings. The molecule has 0 saturated carbocycles. The first-order chi connectivity index (χ1) is 7.29. The van der Waals surface area contributed by atoms with Crippen LogP contribution in [0.2, 0.25) is 0 Å². The van der Waals surface area contributed by atoms with Crippen molar-refractivity contribution in [3.8, 4) is 0 Å². The van der Waals surface area contributed by atoms with Crippen molar-refractivity contribution in [3.63, 3.8) is 0 Å². The van der Waals surface area contributed by atoms with Gasteiger partial charge in [0.1, 0.15) is 5.82 Å². The molecule has 1 saturated heterocycles. The third-order valence-corrected chi connectivity index (χ3v) is 3.16. The summed E-state index contributed by atoms with van der Waals surface area (Å²) in [6.07, 6.45) is 4.55. The van der Waals surface area contributed by atoms with Gasteiger partial charge in [0, 0.05) is 25.8 Å². The Morgan fingerprint density at radius 2 is 2.47 bits per heavy atom. The molecule has 1 fully saturated rings. The van der Waals surface area contributed by atoms with Crippen LogP contribution in [-0.4, -0.2) is 29.5 Å². The fraction of sp³-hybridized carbons (Fsp3) is 0.583. The van der Waals surface area contributed by atoms with Crippen molar-refractivity contribution >= 4 is 5.82 Å². The highest BCUT2D eigenvalue weighted by Crippen LogP contribution is 2.19. The van der Waals surface area contributed by atoms with E-state index >= 15 is 0 Å². The van der Waals surface area contributed by atoms with Gasteiger partial charge >= 0.3 is 0 Å². The number of nitrogens with one attached hydrogen (secondary N) is 1. The highest BCUT2D eigenvalue weighted by Gasteiger charge is 2.19. The van der Waals surface area contributed by atoms with Crippen LogP contribution in [0.15, 0.2) is 18.3 Å². The van der Waals surface area contributed by atoms with Crippen molar-refractivity contribution in [2.75, 3.05) is 18.9 Å². The van der Waals surface area contributed by atoms with Crippen molar-refractivity contribution in [3.05, 3.63) is 23.9 Å². The van der Waals surface area contributed by atoms with Gasteiger partial charge in [-0.15, -0.1) is 0 Å². The first kappa shape index (κ1) is 10.4. The summed E-state index contributed by atoms with van der Waals surface area (Å²) in [6.45, 7) is 4.60. The summed E-state index contributed by atoms with van der Waals surface area (Å²) >= 11 is 0. The van der Waals surface area contributed by atoms with Gasteiger partial charge in [-0.2, -0.15) is 0 Å². The van der Waals surface area contributed by atoms with Crippen LogP contribution in [0.4, 0.5) is 5.82 Å². The predicted molar refractivity (Wildman–Crippen MR) is 62.9 cm³/mol. The summed E-state index contributed by atoms with van der Waals surface area (Å²) in [6, 6.07) is 4.97. The van der Waals surface area contributed by atoms with Crippen molar-refractivity contribution in [1.29, 1.82) is 0 Å². The lowest BCUT2D eigenvalue weighted by Crippen LogP contribution is -2.26. The maximum absolute atomic E-state index is 4.22. The fourth-order valence-electron chi connectivity index (χ4n) is 2.17. The van der Waals surface area contributed by atoms with E-state index in [4.69, 9.17) is 0 Å². The Morgan fingerprint density at radius 3 is 3.13 bits per heavy atom. The molecule has 0 aromatic carbocycles. The zero-order chi connectivity index (χ0) is 10.7. The van der Waals surface area contributed by atoms with Crippen LogP contribution in [0.25, 0.3) is 0 Å². The summed E-state index contributed by atoms with van der Waals surface area (Å²) in [5.41, 5.74) is 1.35. The Balaban J connectivity index is 2.03. The monoisotopic (exact) mass is 205 g/mol. The van der Waals surface area contributed by atoms with Gasteiger partial charge in [0.25, 0.3) is 0 Å². The lowest BCUT2D eigenvalue weighted by Gasteiger charge is -2.20. The van der Waals surface area contributed by atoms with Gasteiger partial charge in [-0.05, 0) is 44.0 Å². The molecular weight excluding hydrogens is 186 g/mol. The van der Waals surface area contributed by atoms with Crippen LogP contribution in [0.1, 0.15) is 25.3 Å². The van der Waals surface area contributed by atoms with E-state index in [0.717, 1.165) is 18.4 Å². The Kier molecular flexibility index (Phi) is 3.21. The zero-order valence-corrected chi connectivity index (χ0v) is 9.53. The molecule has 0 bridgehead atoms. The number of hydrogen-bond acceptors (Lipinski definition) is 3. The number of aromatic nitrogens is 1. The summed E-state index contributed by atoms with van der Waals surface area (Å²) in [5, 5.41) is 3.07. The van der Waals surface area contributed by atoms with Gasteiger partial charge in [0.15, 0.2) is 0 Å². The molecule has 0 spiro atoms. The number of rotatable bonds is 3. The molecule has 0 radical (unpaired) electrons. The smallest absolute Gasteiger partial charge is 0.125 e. The van der Waals surface area contributed by atoms with Crippen molar-refractivity contribution in [2.45, 2.75) is 32.4 Å². The van der Waals surface area contributed by atoms with E-state index in [-0.39, 0.29) is 0 Å². The molecule has 82 valence electrons. The number of likely N-dealkylation sites (tertiary alicyclic amines) is 1. The number of nitrogens with zero attached hydrogens (tertiary/aromatic N) is 2. The zero-order valence-electron chi connectivity index (χ0n) is 9.53. The minimum absolute atomic E-state index is 0.733. The molecule has 1 aromatic rings. The Labute approximate surface area is 91.5 Å². The SMILES string of the molecule is CNc1cc(CN2CCCC2C)ccn1. The second-order valence-electron chi connectivity index (χ2n) is 4.26. The van der Waals surface area contributed by atoms with Crippen LogP contribution in [0, 0.1) is 0 Å². The maximum atomic E-state index is 4.22. The Morgan fingerprint density at radius 1 is 1.60 bits per heavy atom. The van der Waals surface area contributed by atoms with Crippen LogP contribution in [0.5, 0.6) is 0 Å². The second-order valence-corrected chi connectivity index (χ2v) is 4.26. The van der Waals surface area contributed by atoms with Crippen LogP contribution < -0.4 is 5.32 Å². The molecule has 15 heavy (non-hydrogen) atoms. The molecule has 2 heterocycles. The average Bonchev–Trinajstić information content (AvgIpc) is 2.65. The number of anilines is 1. The van der Waals surface area contributed by atoms with Gasteiger partial charge < -0.3 is 5.32 Å². The molecular formula is C12H19N3. The molecule has 2 rings (SSSR count). The largest absolute Gasteiger partial charge is 0.373 e. The van der Waals surface area contributed by atoms with E-state index in [0.29, 0.717) is 0 Å². The molecule has 3 heteroatoms. The van der Waals surface area contributed by atoms with Crippen molar-refractivity contribution < 1.29 is 0 Å². The summed E-state index contributed by atoms with van der Waals surface area (Å²) < 4.78 is 0. The van der Waals surface area contributed by atoms with Crippen LogP contribution >= 0.6 is 0 Å². The quantitative estimate of drug-likeness (QED) is 0.819. The van der Waals surface area contributed by atoms with E-state index in [1.807, 2.05) is 13.2 Å². The van der Waals surface area contributed by atoms with E-state index in [9.17, 15) is 0 Å². The predicted octanol–water partition coefficient (Wildman–Crippen LogP) is 2.11. The first-order valence-electron chi connectivity index (χ1n) is 5.66. The highest BCUT2D eigenvalue weighted by atomic mass is 15.2. The second kappa shape index (κ2) is 4.62. The van der Waals surface area contributed by atoms with Crippen LogP contribution in [-0.2, 0) is 6.54 Å². The lowest BCUT2D eigenvalue weighted by atomic mass is 10.2. The van der Waals surface area contributed by atoms with Gasteiger partial charge in [-0.1, -0.05) is 0 Å². The van der Waals surface area contributed by atoms with Gasteiger partial charge in [0.2, 0.25) is 0 Å².